The van der Waals surface area contributed by atoms with Gasteiger partial charge in [-0.3, -0.25) is 5.41 Å². The molecule has 3 nitrogen and oxygen atoms in total. The van der Waals surface area contributed by atoms with Crippen molar-refractivity contribution in [2.45, 2.75) is 23.8 Å². The lowest BCUT2D eigenvalue weighted by Crippen LogP contribution is -2.14. The van der Waals surface area contributed by atoms with Crippen LogP contribution in [0.2, 0.25) is 0 Å². The molecule has 0 atom stereocenters. The lowest BCUT2D eigenvalue weighted by atomic mass is 10.2. The maximum absolute atomic E-state index is 13.7. The SMILES string of the molecule is Cc1cc(C)nc(Sc2cccc(F)c2C(=N)N)c1. The molecule has 5 heteroatoms. The molecule has 19 heavy (non-hydrogen) atoms. The second-order valence-corrected chi connectivity index (χ2v) is 5.32. The van der Waals surface area contributed by atoms with E-state index in [4.69, 9.17) is 11.1 Å². The Balaban J connectivity index is 2.43. The van der Waals surface area contributed by atoms with Gasteiger partial charge in [-0.15, -0.1) is 0 Å². The van der Waals surface area contributed by atoms with Crippen LogP contribution in [0.15, 0.2) is 40.3 Å². The molecule has 3 N–H and O–H groups in total. The summed E-state index contributed by atoms with van der Waals surface area (Å²) in [6.07, 6.45) is 0. The van der Waals surface area contributed by atoms with Crippen LogP contribution in [-0.4, -0.2) is 10.8 Å². The minimum Gasteiger partial charge on any atom is -0.384 e. The fraction of sp³-hybridized carbons (Fsp3) is 0.143. The smallest absolute Gasteiger partial charge is 0.135 e. The Kier molecular flexibility index (Phi) is 3.85. The van der Waals surface area contributed by atoms with Gasteiger partial charge in [-0.05, 0) is 43.7 Å². The van der Waals surface area contributed by atoms with Gasteiger partial charge in [0, 0.05) is 10.6 Å². The van der Waals surface area contributed by atoms with E-state index in [9.17, 15) is 4.39 Å². The highest BCUT2D eigenvalue weighted by Gasteiger charge is 2.13. The number of aromatic nitrogens is 1. The van der Waals surface area contributed by atoms with Gasteiger partial charge in [-0.1, -0.05) is 17.8 Å². The Morgan fingerprint density at radius 1 is 1.32 bits per heavy atom. The van der Waals surface area contributed by atoms with Crippen molar-refractivity contribution in [1.29, 1.82) is 5.41 Å². The van der Waals surface area contributed by atoms with E-state index in [1.165, 1.54) is 17.8 Å². The van der Waals surface area contributed by atoms with Crippen molar-refractivity contribution in [3.05, 3.63) is 53.0 Å². The third kappa shape index (κ3) is 3.12. The molecule has 0 fully saturated rings. The Bertz CT molecular complexity index is 620. The standard InChI is InChI=1S/C14H14FN3S/c1-8-6-9(2)18-12(7-8)19-11-5-3-4-10(15)13(11)14(16)17/h3-7H,1-2H3,(H3,16,17). The highest BCUT2D eigenvalue weighted by Crippen LogP contribution is 2.30. The van der Waals surface area contributed by atoms with E-state index in [2.05, 4.69) is 4.98 Å². The minimum absolute atomic E-state index is 0.133. The number of nitrogen functional groups attached to an aromatic ring is 1. The highest BCUT2D eigenvalue weighted by molar-refractivity contribution is 7.99. The predicted octanol–water partition coefficient (Wildman–Crippen LogP) is 3.27. The van der Waals surface area contributed by atoms with E-state index in [-0.39, 0.29) is 11.4 Å². The van der Waals surface area contributed by atoms with Crippen molar-refractivity contribution in [3.63, 3.8) is 0 Å². The van der Waals surface area contributed by atoms with E-state index in [0.717, 1.165) is 16.3 Å². The number of nitrogens with zero attached hydrogens (tertiary/aromatic N) is 1. The molecule has 0 bridgehead atoms. The van der Waals surface area contributed by atoms with Crippen LogP contribution in [0, 0.1) is 25.1 Å². The first-order chi connectivity index (χ1) is 8.97. The lowest BCUT2D eigenvalue weighted by molar-refractivity contribution is 0.621. The van der Waals surface area contributed by atoms with Gasteiger partial charge < -0.3 is 5.73 Å². The van der Waals surface area contributed by atoms with Gasteiger partial charge in [-0.2, -0.15) is 0 Å². The lowest BCUT2D eigenvalue weighted by Gasteiger charge is -2.09. The summed E-state index contributed by atoms with van der Waals surface area (Å²) in [6.45, 7) is 3.89. The number of nitrogens with one attached hydrogen (secondary N) is 1. The van der Waals surface area contributed by atoms with Crippen molar-refractivity contribution in [2.24, 2.45) is 5.73 Å². The molecule has 2 rings (SSSR count). The molecular formula is C14H14FN3S. The summed E-state index contributed by atoms with van der Waals surface area (Å²) in [5.41, 5.74) is 7.57. The molecule has 0 aliphatic heterocycles. The monoisotopic (exact) mass is 275 g/mol. The van der Waals surface area contributed by atoms with Gasteiger partial charge in [0.05, 0.1) is 5.56 Å². The molecule has 0 radical (unpaired) electrons. The third-order valence-corrected chi connectivity index (χ3v) is 3.51. The number of benzene rings is 1. The number of aryl methyl sites for hydroxylation is 2. The number of rotatable bonds is 3. The average molecular weight is 275 g/mol. The normalized spacial score (nSPS) is 10.5. The molecule has 0 saturated carbocycles. The summed E-state index contributed by atoms with van der Waals surface area (Å²) in [7, 11) is 0. The van der Waals surface area contributed by atoms with Gasteiger partial charge in [0.2, 0.25) is 0 Å². The number of pyridine rings is 1. The van der Waals surface area contributed by atoms with Crippen LogP contribution < -0.4 is 5.73 Å². The maximum atomic E-state index is 13.7. The Labute approximate surface area is 115 Å². The maximum Gasteiger partial charge on any atom is 0.135 e. The first kappa shape index (κ1) is 13.5. The van der Waals surface area contributed by atoms with Crippen molar-refractivity contribution in [3.8, 4) is 0 Å². The topological polar surface area (TPSA) is 62.8 Å². The van der Waals surface area contributed by atoms with E-state index in [1.54, 1.807) is 12.1 Å². The van der Waals surface area contributed by atoms with Gasteiger partial charge in [0.15, 0.2) is 0 Å². The zero-order valence-corrected chi connectivity index (χ0v) is 11.5. The third-order valence-electron chi connectivity index (χ3n) is 2.53. The molecular weight excluding hydrogens is 261 g/mol. The molecule has 1 aromatic carbocycles. The molecule has 1 heterocycles. The summed E-state index contributed by atoms with van der Waals surface area (Å²) < 4.78 is 13.7. The summed E-state index contributed by atoms with van der Waals surface area (Å²) >= 11 is 1.31. The van der Waals surface area contributed by atoms with Crippen LogP contribution in [0.1, 0.15) is 16.8 Å². The molecule has 1 aromatic heterocycles. The van der Waals surface area contributed by atoms with Gasteiger partial charge in [0.1, 0.15) is 16.7 Å². The van der Waals surface area contributed by atoms with Crippen molar-refractivity contribution in [1.82, 2.24) is 4.98 Å². The fourth-order valence-corrected chi connectivity index (χ4v) is 2.94. The van der Waals surface area contributed by atoms with Crippen LogP contribution in [0.25, 0.3) is 0 Å². The predicted molar refractivity (Wildman–Crippen MR) is 75.3 cm³/mol. The number of amidine groups is 1. The molecule has 0 amide bonds. The minimum atomic E-state index is -0.484. The summed E-state index contributed by atoms with van der Waals surface area (Å²) in [5.74, 6) is -0.758. The molecule has 0 aliphatic carbocycles. The second-order valence-electron chi connectivity index (χ2n) is 4.25. The Hall–Kier alpha value is -1.88. The number of halogens is 1. The van der Waals surface area contributed by atoms with Crippen LogP contribution in [-0.2, 0) is 0 Å². The second kappa shape index (κ2) is 5.40. The van der Waals surface area contributed by atoms with E-state index < -0.39 is 5.82 Å². The molecule has 0 spiro atoms. The molecule has 98 valence electrons. The van der Waals surface area contributed by atoms with Crippen molar-refractivity contribution < 1.29 is 4.39 Å². The zero-order valence-electron chi connectivity index (χ0n) is 10.7. The fourth-order valence-electron chi connectivity index (χ4n) is 1.82. The summed E-state index contributed by atoms with van der Waals surface area (Å²) in [5, 5.41) is 8.24. The summed E-state index contributed by atoms with van der Waals surface area (Å²) in [4.78, 5) is 4.99. The first-order valence-electron chi connectivity index (χ1n) is 5.73. The van der Waals surface area contributed by atoms with Gasteiger partial charge in [0.25, 0.3) is 0 Å². The quantitative estimate of drug-likeness (QED) is 0.667. The van der Waals surface area contributed by atoms with Crippen LogP contribution in [0.5, 0.6) is 0 Å². The van der Waals surface area contributed by atoms with Crippen LogP contribution in [0.4, 0.5) is 4.39 Å². The molecule has 0 aliphatic rings. The number of nitrogens with two attached hydrogens (primary N) is 1. The molecule has 0 unspecified atom stereocenters. The summed E-state index contributed by atoms with van der Waals surface area (Å²) in [6, 6.07) is 8.54. The van der Waals surface area contributed by atoms with Crippen LogP contribution >= 0.6 is 11.8 Å². The van der Waals surface area contributed by atoms with Crippen molar-refractivity contribution >= 4 is 17.6 Å². The number of hydrogen-bond acceptors (Lipinski definition) is 3. The van der Waals surface area contributed by atoms with Crippen LogP contribution in [0.3, 0.4) is 0 Å². The Morgan fingerprint density at radius 2 is 2.05 bits per heavy atom. The average Bonchev–Trinajstić information content (AvgIpc) is 2.26. The number of hydrogen-bond donors (Lipinski definition) is 2. The Morgan fingerprint density at radius 3 is 2.68 bits per heavy atom. The largest absolute Gasteiger partial charge is 0.384 e. The van der Waals surface area contributed by atoms with E-state index in [1.807, 2.05) is 26.0 Å². The van der Waals surface area contributed by atoms with Gasteiger partial charge in [-0.25, -0.2) is 9.37 Å². The molecule has 0 saturated heterocycles. The van der Waals surface area contributed by atoms with Crippen molar-refractivity contribution in [2.75, 3.05) is 0 Å². The first-order valence-corrected chi connectivity index (χ1v) is 6.55. The zero-order chi connectivity index (χ0) is 14.0. The molecule has 2 aromatic rings. The van der Waals surface area contributed by atoms with Gasteiger partial charge >= 0.3 is 0 Å². The highest BCUT2D eigenvalue weighted by atomic mass is 32.2. The van der Waals surface area contributed by atoms with E-state index in [0.29, 0.717) is 4.90 Å². The van der Waals surface area contributed by atoms with E-state index >= 15 is 0 Å².